The quantitative estimate of drug-likeness (QED) is 0.881. The molecule has 0 unspecified atom stereocenters. The molecule has 0 bridgehead atoms. The lowest BCUT2D eigenvalue weighted by Crippen LogP contribution is -2.43. The van der Waals surface area contributed by atoms with Crippen LogP contribution in [0.3, 0.4) is 0 Å². The van der Waals surface area contributed by atoms with Crippen LogP contribution in [0.5, 0.6) is 0 Å². The summed E-state index contributed by atoms with van der Waals surface area (Å²) >= 11 is 0. The van der Waals surface area contributed by atoms with Crippen LogP contribution in [0.25, 0.3) is 0 Å². The largest absolute Gasteiger partial charge is 0.360 e. The van der Waals surface area contributed by atoms with E-state index < -0.39 is 0 Å². The summed E-state index contributed by atoms with van der Waals surface area (Å²) in [5, 5.41) is 9.47. The highest BCUT2D eigenvalue weighted by Gasteiger charge is 2.27. The van der Waals surface area contributed by atoms with E-state index in [9.17, 15) is 9.59 Å². The minimum absolute atomic E-state index is 0.0764. The molecule has 1 aliphatic rings. The van der Waals surface area contributed by atoms with Crippen molar-refractivity contribution in [2.45, 2.75) is 33.6 Å². The van der Waals surface area contributed by atoms with Crippen molar-refractivity contribution in [1.29, 1.82) is 0 Å². The van der Waals surface area contributed by atoms with Crippen LogP contribution in [0.15, 0.2) is 28.8 Å². The van der Waals surface area contributed by atoms with Crippen molar-refractivity contribution in [3.63, 3.8) is 0 Å². The molecule has 3 amide bonds. The summed E-state index contributed by atoms with van der Waals surface area (Å²) in [5.74, 6) is 0.880. The van der Waals surface area contributed by atoms with Crippen molar-refractivity contribution in [1.82, 2.24) is 10.1 Å². The fourth-order valence-electron chi connectivity index (χ4n) is 3.02. The van der Waals surface area contributed by atoms with Gasteiger partial charge in [0.25, 0.3) is 0 Å². The number of hydrogen-bond donors (Lipinski definition) is 2. The Hall–Kier alpha value is -2.83. The third-order valence-corrected chi connectivity index (χ3v) is 4.79. The summed E-state index contributed by atoms with van der Waals surface area (Å²) in [4.78, 5) is 26.5. The minimum atomic E-state index is -0.127. The van der Waals surface area contributed by atoms with Gasteiger partial charge in [-0.25, -0.2) is 4.79 Å². The van der Waals surface area contributed by atoms with Gasteiger partial charge in [-0.15, -0.1) is 0 Å². The molecule has 1 fully saturated rings. The Bertz CT molecular complexity index is 807. The highest BCUT2D eigenvalue weighted by molar-refractivity contribution is 5.92. The average molecular weight is 356 g/mol. The van der Waals surface area contributed by atoms with Crippen LogP contribution < -0.4 is 10.6 Å². The van der Waals surface area contributed by atoms with E-state index in [4.69, 9.17) is 4.52 Å². The second-order valence-electron chi connectivity index (χ2n) is 6.80. The smallest absolute Gasteiger partial charge is 0.321 e. The van der Waals surface area contributed by atoms with Crippen LogP contribution in [0.1, 0.15) is 29.7 Å². The van der Waals surface area contributed by atoms with Gasteiger partial charge in [-0.3, -0.25) is 4.79 Å². The lowest BCUT2D eigenvalue weighted by molar-refractivity contribution is -0.121. The topological polar surface area (TPSA) is 87.5 Å². The van der Waals surface area contributed by atoms with E-state index >= 15 is 0 Å². The third-order valence-electron chi connectivity index (χ3n) is 4.79. The number of benzene rings is 1. The van der Waals surface area contributed by atoms with Crippen LogP contribution in [-0.4, -0.2) is 35.1 Å². The lowest BCUT2D eigenvalue weighted by atomic mass is 9.96. The van der Waals surface area contributed by atoms with Gasteiger partial charge < -0.3 is 20.1 Å². The Labute approximate surface area is 152 Å². The van der Waals surface area contributed by atoms with E-state index in [0.717, 1.165) is 11.3 Å². The average Bonchev–Trinajstić information content (AvgIpc) is 3.03. The number of nitrogens with one attached hydrogen (secondary N) is 2. The second-order valence-corrected chi connectivity index (χ2v) is 6.80. The van der Waals surface area contributed by atoms with Gasteiger partial charge in [0, 0.05) is 30.8 Å². The number of carbonyl (C=O) groups is 2. The van der Waals surface area contributed by atoms with Gasteiger partial charge in [0.2, 0.25) is 5.91 Å². The molecule has 7 nitrogen and oxygen atoms in total. The summed E-state index contributed by atoms with van der Waals surface area (Å²) in [7, 11) is 0. The summed E-state index contributed by atoms with van der Waals surface area (Å²) in [6.45, 7) is 6.93. The summed E-state index contributed by atoms with van der Waals surface area (Å²) in [6, 6.07) is 7.42. The zero-order chi connectivity index (χ0) is 18.7. The molecule has 0 radical (unpaired) electrons. The van der Waals surface area contributed by atoms with Gasteiger partial charge in [-0.05, 0) is 56.9 Å². The standard InChI is InChI=1S/C19H24N4O3/c1-12-4-5-16(10-13(12)2)20-19(25)23-8-6-15(7-9-23)18(24)21-17-11-14(3)26-22-17/h4-5,10-11,15H,6-9H2,1-3H3,(H,20,25)(H,21,22,24). The van der Waals surface area contributed by atoms with Crippen molar-refractivity contribution in [3.8, 4) is 0 Å². The Balaban J connectivity index is 1.50. The molecule has 1 saturated heterocycles. The molecule has 7 heteroatoms. The van der Waals surface area contributed by atoms with Crippen LogP contribution in [0.4, 0.5) is 16.3 Å². The first kappa shape index (κ1) is 18.0. The van der Waals surface area contributed by atoms with E-state index in [1.165, 1.54) is 5.56 Å². The number of piperidine rings is 1. The number of carbonyl (C=O) groups excluding carboxylic acids is 2. The molecule has 1 aromatic heterocycles. The Morgan fingerprint density at radius 2 is 1.81 bits per heavy atom. The Kier molecular flexibility index (Phi) is 5.25. The highest BCUT2D eigenvalue weighted by atomic mass is 16.5. The second kappa shape index (κ2) is 7.59. The molecule has 2 N–H and O–H groups in total. The van der Waals surface area contributed by atoms with Gasteiger partial charge in [0.05, 0.1) is 0 Å². The van der Waals surface area contributed by atoms with Gasteiger partial charge in [0.15, 0.2) is 5.82 Å². The van der Waals surface area contributed by atoms with Crippen LogP contribution in [0.2, 0.25) is 0 Å². The molecule has 1 aromatic carbocycles. The van der Waals surface area contributed by atoms with Crippen molar-refractivity contribution in [2.75, 3.05) is 23.7 Å². The number of anilines is 2. The number of aryl methyl sites for hydroxylation is 3. The van der Waals surface area contributed by atoms with Crippen LogP contribution >= 0.6 is 0 Å². The third kappa shape index (κ3) is 4.22. The normalized spacial score (nSPS) is 15.0. The Morgan fingerprint density at radius 3 is 2.42 bits per heavy atom. The first-order valence-corrected chi connectivity index (χ1v) is 8.80. The van der Waals surface area contributed by atoms with E-state index in [1.807, 2.05) is 32.0 Å². The van der Waals surface area contributed by atoms with Crippen LogP contribution in [-0.2, 0) is 4.79 Å². The van der Waals surface area contributed by atoms with Gasteiger partial charge in [0.1, 0.15) is 5.76 Å². The molecule has 1 aliphatic heterocycles. The molecular weight excluding hydrogens is 332 g/mol. The van der Waals surface area contributed by atoms with E-state index in [-0.39, 0.29) is 17.9 Å². The number of aromatic nitrogens is 1. The minimum Gasteiger partial charge on any atom is -0.360 e. The first-order chi connectivity index (χ1) is 12.4. The summed E-state index contributed by atoms with van der Waals surface area (Å²) in [6.07, 6.45) is 1.26. The molecule has 2 heterocycles. The maximum atomic E-state index is 12.4. The summed E-state index contributed by atoms with van der Waals surface area (Å²) < 4.78 is 4.95. The Morgan fingerprint density at radius 1 is 1.08 bits per heavy atom. The lowest BCUT2D eigenvalue weighted by Gasteiger charge is -2.31. The zero-order valence-electron chi connectivity index (χ0n) is 15.3. The van der Waals surface area contributed by atoms with Crippen LogP contribution in [0, 0.1) is 26.7 Å². The van der Waals surface area contributed by atoms with E-state index in [2.05, 4.69) is 15.8 Å². The van der Waals surface area contributed by atoms with E-state index in [1.54, 1.807) is 17.9 Å². The SMILES string of the molecule is Cc1cc(NC(=O)C2CCN(C(=O)Nc3ccc(C)c(C)c3)CC2)no1. The number of nitrogens with zero attached hydrogens (tertiary/aromatic N) is 2. The number of rotatable bonds is 3. The van der Waals surface area contributed by atoms with Crippen molar-refractivity contribution < 1.29 is 14.1 Å². The molecule has 0 atom stereocenters. The number of likely N-dealkylation sites (tertiary alicyclic amines) is 1. The molecule has 26 heavy (non-hydrogen) atoms. The molecule has 3 rings (SSSR count). The number of hydrogen-bond acceptors (Lipinski definition) is 4. The van der Waals surface area contributed by atoms with Gasteiger partial charge >= 0.3 is 6.03 Å². The number of urea groups is 1. The highest BCUT2D eigenvalue weighted by Crippen LogP contribution is 2.21. The molecule has 0 aliphatic carbocycles. The predicted molar refractivity (Wildman–Crippen MR) is 99.1 cm³/mol. The van der Waals surface area contributed by atoms with Gasteiger partial charge in [-0.2, -0.15) is 0 Å². The van der Waals surface area contributed by atoms with Gasteiger partial charge in [-0.1, -0.05) is 11.2 Å². The zero-order valence-corrected chi connectivity index (χ0v) is 15.3. The summed E-state index contributed by atoms with van der Waals surface area (Å²) in [5.41, 5.74) is 3.12. The van der Waals surface area contributed by atoms with Crippen molar-refractivity contribution in [2.24, 2.45) is 5.92 Å². The van der Waals surface area contributed by atoms with Crippen molar-refractivity contribution >= 4 is 23.4 Å². The number of amides is 3. The van der Waals surface area contributed by atoms with E-state index in [0.29, 0.717) is 37.5 Å². The molecule has 2 aromatic rings. The maximum Gasteiger partial charge on any atom is 0.321 e. The fraction of sp³-hybridized carbons (Fsp3) is 0.421. The maximum absolute atomic E-state index is 12.4. The van der Waals surface area contributed by atoms with Crippen molar-refractivity contribution in [3.05, 3.63) is 41.2 Å². The fourth-order valence-corrected chi connectivity index (χ4v) is 3.02. The molecule has 0 saturated carbocycles. The predicted octanol–water partition coefficient (Wildman–Crippen LogP) is 3.48. The molecular formula is C19H24N4O3. The molecule has 0 spiro atoms. The monoisotopic (exact) mass is 356 g/mol. The first-order valence-electron chi connectivity index (χ1n) is 8.80. The molecule has 138 valence electrons.